The number of aryl methyl sites for hydroxylation is 2. The van der Waals surface area contributed by atoms with E-state index in [0.717, 1.165) is 22.1 Å². The van der Waals surface area contributed by atoms with Crippen molar-refractivity contribution >= 4 is 22.7 Å². The molecule has 0 spiro atoms. The van der Waals surface area contributed by atoms with Crippen molar-refractivity contribution in [3.63, 3.8) is 0 Å². The van der Waals surface area contributed by atoms with E-state index < -0.39 is 0 Å². The van der Waals surface area contributed by atoms with Crippen LogP contribution in [0.25, 0.3) is 22.4 Å². The second-order valence-electron chi connectivity index (χ2n) is 6.12. The van der Waals surface area contributed by atoms with Gasteiger partial charge in [-0.15, -0.1) is 10.2 Å². The third-order valence-electron chi connectivity index (χ3n) is 4.04. The highest BCUT2D eigenvalue weighted by atomic mass is 32.2. The van der Waals surface area contributed by atoms with E-state index in [1.165, 1.54) is 23.4 Å². The van der Waals surface area contributed by atoms with E-state index in [0.29, 0.717) is 22.4 Å². The minimum absolute atomic E-state index is 0.357. The van der Waals surface area contributed by atoms with Crippen LogP contribution in [-0.4, -0.2) is 10.2 Å². The van der Waals surface area contributed by atoms with Crippen LogP contribution in [0, 0.1) is 13.8 Å². The summed E-state index contributed by atoms with van der Waals surface area (Å²) in [5.41, 5.74) is 4.23. The Kier molecular flexibility index (Phi) is 4.34. The summed E-state index contributed by atoms with van der Waals surface area (Å²) in [7, 11) is 0. The molecule has 0 unspecified atom stereocenters. The van der Waals surface area contributed by atoms with Crippen molar-refractivity contribution in [2.45, 2.75) is 24.8 Å². The largest absolute Gasteiger partial charge is 0.423 e. The number of aromatic nitrogens is 2. The molecule has 0 atom stereocenters. The van der Waals surface area contributed by atoms with Crippen LogP contribution in [0.2, 0.25) is 0 Å². The van der Waals surface area contributed by atoms with Gasteiger partial charge < -0.3 is 8.83 Å². The Bertz CT molecular complexity index is 1130. The first kappa shape index (κ1) is 16.6. The first-order chi connectivity index (χ1) is 12.6. The van der Waals surface area contributed by atoms with E-state index in [4.69, 9.17) is 8.83 Å². The summed E-state index contributed by atoms with van der Waals surface area (Å²) in [5, 5.41) is 9.58. The SMILES string of the molecule is Cc1ccc(-c2nnc(SCc3cc(=O)oc4cc(C)ccc34)o2)cc1. The Balaban J connectivity index is 1.57. The Morgan fingerprint density at radius 1 is 0.923 bits per heavy atom. The summed E-state index contributed by atoms with van der Waals surface area (Å²) < 4.78 is 11.0. The van der Waals surface area contributed by atoms with Crippen LogP contribution in [0.4, 0.5) is 0 Å². The average Bonchev–Trinajstić information content (AvgIpc) is 3.08. The van der Waals surface area contributed by atoms with Gasteiger partial charge in [0.1, 0.15) is 5.58 Å². The molecule has 0 fully saturated rings. The van der Waals surface area contributed by atoms with E-state index in [1.807, 2.05) is 56.3 Å². The molecule has 4 rings (SSSR count). The van der Waals surface area contributed by atoms with Gasteiger partial charge >= 0.3 is 5.63 Å². The van der Waals surface area contributed by atoms with Gasteiger partial charge in [-0.1, -0.05) is 41.6 Å². The Hall–Kier alpha value is -2.86. The van der Waals surface area contributed by atoms with Crippen molar-refractivity contribution < 1.29 is 8.83 Å². The number of hydrogen-bond donors (Lipinski definition) is 0. The van der Waals surface area contributed by atoms with E-state index >= 15 is 0 Å². The van der Waals surface area contributed by atoms with Crippen LogP contribution in [-0.2, 0) is 5.75 Å². The number of nitrogens with zero attached hydrogens (tertiary/aromatic N) is 2. The normalized spacial score (nSPS) is 11.2. The molecule has 2 aromatic heterocycles. The summed E-state index contributed by atoms with van der Waals surface area (Å²) in [5.74, 6) is 1.03. The highest BCUT2D eigenvalue weighted by Gasteiger charge is 2.11. The van der Waals surface area contributed by atoms with Crippen molar-refractivity contribution in [1.29, 1.82) is 0 Å². The van der Waals surface area contributed by atoms with Gasteiger partial charge in [0.25, 0.3) is 5.22 Å². The topological polar surface area (TPSA) is 69.1 Å². The third-order valence-corrected chi connectivity index (χ3v) is 4.91. The summed E-state index contributed by atoms with van der Waals surface area (Å²) in [4.78, 5) is 11.8. The van der Waals surface area contributed by atoms with Crippen molar-refractivity contribution in [2.75, 3.05) is 0 Å². The Morgan fingerprint density at radius 3 is 2.50 bits per heavy atom. The fourth-order valence-electron chi connectivity index (χ4n) is 2.68. The zero-order chi connectivity index (χ0) is 18.1. The summed E-state index contributed by atoms with van der Waals surface area (Å²) in [6, 6.07) is 15.3. The molecular formula is C20H16N2O3S. The summed E-state index contributed by atoms with van der Waals surface area (Å²) >= 11 is 1.40. The lowest BCUT2D eigenvalue weighted by Gasteiger charge is -2.04. The van der Waals surface area contributed by atoms with Crippen LogP contribution in [0.5, 0.6) is 0 Å². The van der Waals surface area contributed by atoms with E-state index in [9.17, 15) is 4.79 Å². The van der Waals surface area contributed by atoms with Crippen molar-refractivity contribution in [1.82, 2.24) is 10.2 Å². The molecule has 6 heteroatoms. The molecule has 4 aromatic rings. The van der Waals surface area contributed by atoms with E-state index in [2.05, 4.69) is 10.2 Å². The van der Waals surface area contributed by atoms with Gasteiger partial charge in [-0.25, -0.2) is 4.79 Å². The third kappa shape index (κ3) is 3.41. The summed E-state index contributed by atoms with van der Waals surface area (Å²) in [6.07, 6.45) is 0. The van der Waals surface area contributed by atoms with Crippen molar-refractivity contribution in [3.05, 3.63) is 75.6 Å². The van der Waals surface area contributed by atoms with E-state index in [-0.39, 0.29) is 5.63 Å². The molecule has 0 aliphatic carbocycles. The molecule has 5 nitrogen and oxygen atoms in total. The quantitative estimate of drug-likeness (QED) is 0.384. The Morgan fingerprint density at radius 2 is 1.69 bits per heavy atom. The van der Waals surface area contributed by atoms with Crippen molar-refractivity contribution in [2.24, 2.45) is 0 Å². The molecule has 0 saturated carbocycles. The molecule has 2 heterocycles. The minimum atomic E-state index is -0.357. The van der Waals surface area contributed by atoms with E-state index in [1.54, 1.807) is 0 Å². The van der Waals surface area contributed by atoms with Gasteiger partial charge in [-0.05, 0) is 43.2 Å². The molecule has 2 aromatic carbocycles. The van der Waals surface area contributed by atoms with Crippen LogP contribution in [0.1, 0.15) is 16.7 Å². The van der Waals surface area contributed by atoms with Gasteiger partial charge in [0.15, 0.2) is 0 Å². The van der Waals surface area contributed by atoms with Gasteiger partial charge in [0.2, 0.25) is 5.89 Å². The number of hydrogen-bond acceptors (Lipinski definition) is 6. The van der Waals surface area contributed by atoms with Crippen LogP contribution in [0.3, 0.4) is 0 Å². The molecule has 0 bridgehead atoms. The molecule has 0 N–H and O–H groups in total. The fourth-order valence-corrected chi connectivity index (χ4v) is 3.43. The zero-order valence-corrected chi connectivity index (χ0v) is 15.2. The predicted octanol–water partition coefficient (Wildman–Crippen LogP) is 4.75. The van der Waals surface area contributed by atoms with Gasteiger partial charge in [0.05, 0.1) is 0 Å². The highest BCUT2D eigenvalue weighted by molar-refractivity contribution is 7.98. The lowest BCUT2D eigenvalue weighted by atomic mass is 10.1. The van der Waals surface area contributed by atoms with Crippen LogP contribution >= 0.6 is 11.8 Å². The standard InChI is InChI=1S/C20H16N2O3S/c1-12-3-6-14(7-4-12)19-21-22-20(25-19)26-11-15-10-18(23)24-17-9-13(2)5-8-16(15)17/h3-10H,11H2,1-2H3. The van der Waals surface area contributed by atoms with Crippen LogP contribution < -0.4 is 5.63 Å². The predicted molar refractivity (Wildman–Crippen MR) is 101 cm³/mol. The number of rotatable bonds is 4. The molecule has 0 aliphatic rings. The molecule has 0 aliphatic heterocycles. The zero-order valence-electron chi connectivity index (χ0n) is 14.4. The summed E-state index contributed by atoms with van der Waals surface area (Å²) in [6.45, 7) is 3.99. The van der Waals surface area contributed by atoms with Crippen LogP contribution in [0.15, 0.2) is 67.4 Å². The first-order valence-corrected chi connectivity index (χ1v) is 9.14. The molecule has 0 amide bonds. The first-order valence-electron chi connectivity index (χ1n) is 8.15. The van der Waals surface area contributed by atoms with Crippen molar-refractivity contribution in [3.8, 4) is 11.5 Å². The monoisotopic (exact) mass is 364 g/mol. The smallest absolute Gasteiger partial charge is 0.336 e. The number of fused-ring (bicyclic) bond motifs is 1. The maximum absolute atomic E-state index is 11.8. The second-order valence-corrected chi connectivity index (χ2v) is 7.04. The number of thioether (sulfide) groups is 1. The van der Waals surface area contributed by atoms with Gasteiger partial charge in [0, 0.05) is 22.8 Å². The fraction of sp³-hybridized carbons (Fsp3) is 0.150. The maximum atomic E-state index is 11.8. The lowest BCUT2D eigenvalue weighted by molar-refractivity contribution is 0.466. The van der Waals surface area contributed by atoms with Gasteiger partial charge in [-0.2, -0.15) is 0 Å². The molecule has 130 valence electrons. The average molecular weight is 364 g/mol. The number of benzene rings is 2. The molecule has 26 heavy (non-hydrogen) atoms. The Labute approximate surface area is 154 Å². The minimum Gasteiger partial charge on any atom is -0.423 e. The lowest BCUT2D eigenvalue weighted by Crippen LogP contribution is -2.00. The maximum Gasteiger partial charge on any atom is 0.336 e. The highest BCUT2D eigenvalue weighted by Crippen LogP contribution is 2.28. The molecule has 0 saturated heterocycles. The molecular weight excluding hydrogens is 348 g/mol. The van der Waals surface area contributed by atoms with Gasteiger partial charge in [-0.3, -0.25) is 0 Å². The molecule has 0 radical (unpaired) electrons. The second kappa shape index (κ2) is 6.80.